The smallest absolute Gasteiger partial charge is 0.351 e. The Balaban J connectivity index is 1.51. The lowest BCUT2D eigenvalue weighted by Crippen LogP contribution is -2.36. The van der Waals surface area contributed by atoms with Crippen LogP contribution >= 0.6 is 19.2 Å². The van der Waals surface area contributed by atoms with Crippen molar-refractivity contribution in [3.63, 3.8) is 0 Å². The summed E-state index contributed by atoms with van der Waals surface area (Å²) >= 11 is 6.31. The van der Waals surface area contributed by atoms with Gasteiger partial charge in [-0.2, -0.15) is 5.26 Å². The van der Waals surface area contributed by atoms with Gasteiger partial charge in [0, 0.05) is 17.6 Å². The van der Waals surface area contributed by atoms with Crippen LogP contribution in [0.25, 0.3) is 11.0 Å². The minimum atomic E-state index is -4.68. The molecule has 1 aliphatic carbocycles. The molecule has 2 fully saturated rings. The number of nitriles is 1. The number of hydrogen-bond acceptors (Lipinski definition) is 15. The van der Waals surface area contributed by atoms with E-state index in [1.165, 1.54) is 10.8 Å². The molecule has 2 aromatic heterocycles. The van der Waals surface area contributed by atoms with Crippen molar-refractivity contribution >= 4 is 57.7 Å². The number of nitrogens with one attached hydrogen (secondary N) is 1. The molecular formula is C30H41ClFN4O12PS. The van der Waals surface area contributed by atoms with Crippen LogP contribution in [0.15, 0.2) is 12.3 Å². The molecule has 0 amide bonds. The standard InChI is InChI=1S/C30H41ClFN4O12PS/c1-5-16(3)29(39)44-13-46-49(41,47-14-45-30(40)17(4)6-2)15-50(42,43)12-22-24(37)25(38)28(48-22)36-8-7-20-23(34-19-9-18(32)10-19)21(11-33)26(31)35-27(20)36/h7-8,16-19,22,24-25,28,37-38H,5-6,9-10,12-15H2,1-4H3,(H,34,35)/t16-,17-,18-,19+,22-,24-,25-,28-/m1/s1. The number of hydrogen-bond donors (Lipinski definition) is 3. The Morgan fingerprint density at radius 2 is 1.74 bits per heavy atom. The molecule has 0 spiro atoms. The predicted molar refractivity (Wildman–Crippen MR) is 176 cm³/mol. The van der Waals surface area contributed by atoms with Crippen molar-refractivity contribution in [3.8, 4) is 6.07 Å². The van der Waals surface area contributed by atoms with Gasteiger partial charge in [-0.15, -0.1) is 0 Å². The average molecular weight is 767 g/mol. The first-order valence-electron chi connectivity index (χ1n) is 16.0. The van der Waals surface area contributed by atoms with Gasteiger partial charge in [0.1, 0.15) is 41.8 Å². The minimum Gasteiger partial charge on any atom is -0.438 e. The molecule has 6 atom stereocenters. The molecule has 0 bridgehead atoms. The number of carbonyl (C=O) groups excluding carboxylic acids is 2. The highest BCUT2D eigenvalue weighted by Crippen LogP contribution is 2.50. The summed E-state index contributed by atoms with van der Waals surface area (Å²) in [4.78, 5) is 28.4. The summed E-state index contributed by atoms with van der Waals surface area (Å²) in [6.07, 6.45) is -4.58. The van der Waals surface area contributed by atoms with Crippen molar-refractivity contribution in [2.45, 2.75) is 90.1 Å². The number of carbonyl (C=O) groups is 2. The van der Waals surface area contributed by atoms with Crippen LogP contribution in [0.5, 0.6) is 0 Å². The van der Waals surface area contributed by atoms with Gasteiger partial charge >= 0.3 is 19.5 Å². The average Bonchev–Trinajstić information content (AvgIpc) is 3.58. The molecule has 3 N–H and O–H groups in total. The van der Waals surface area contributed by atoms with E-state index in [0.717, 1.165) is 0 Å². The molecule has 2 aliphatic rings. The van der Waals surface area contributed by atoms with Gasteiger partial charge in [-0.05, 0) is 31.7 Å². The van der Waals surface area contributed by atoms with Crippen LogP contribution in [-0.4, -0.2) is 95.5 Å². The third kappa shape index (κ3) is 9.31. The fraction of sp³-hybridized carbons (Fsp3) is 0.667. The molecule has 0 radical (unpaired) electrons. The quantitative estimate of drug-likeness (QED) is 0.0901. The molecule has 16 nitrogen and oxygen atoms in total. The number of aromatic nitrogens is 2. The van der Waals surface area contributed by atoms with Crippen LogP contribution in [-0.2, 0) is 47.2 Å². The highest BCUT2D eigenvalue weighted by atomic mass is 35.5. The number of alkyl halides is 1. The molecule has 2 aromatic rings. The van der Waals surface area contributed by atoms with E-state index in [9.17, 15) is 42.4 Å². The van der Waals surface area contributed by atoms with E-state index in [2.05, 4.69) is 10.3 Å². The Morgan fingerprint density at radius 3 is 2.26 bits per heavy atom. The van der Waals surface area contributed by atoms with Crippen molar-refractivity contribution in [1.82, 2.24) is 9.55 Å². The van der Waals surface area contributed by atoms with Crippen molar-refractivity contribution < 1.29 is 60.4 Å². The number of fused-ring (bicyclic) bond motifs is 1. The van der Waals surface area contributed by atoms with Crippen molar-refractivity contribution in [3.05, 3.63) is 23.0 Å². The number of ether oxygens (including phenoxy) is 3. The second kappa shape index (κ2) is 16.6. The summed E-state index contributed by atoms with van der Waals surface area (Å²) in [5, 5.41) is 34.8. The Bertz CT molecular complexity index is 1720. The van der Waals surface area contributed by atoms with E-state index in [4.69, 9.17) is 34.9 Å². The van der Waals surface area contributed by atoms with E-state index < -0.39 is 96.8 Å². The summed E-state index contributed by atoms with van der Waals surface area (Å²) in [6.45, 7) is 4.81. The van der Waals surface area contributed by atoms with Gasteiger partial charge in [-0.3, -0.25) is 23.2 Å². The summed E-state index contributed by atoms with van der Waals surface area (Å²) in [7, 11) is -9.19. The Morgan fingerprint density at radius 1 is 1.16 bits per heavy atom. The molecule has 0 unspecified atom stereocenters. The molecule has 4 rings (SSSR count). The van der Waals surface area contributed by atoms with Gasteiger partial charge < -0.3 is 34.3 Å². The first kappa shape index (κ1) is 39.9. The number of aliphatic hydroxyl groups excluding tert-OH is 2. The van der Waals surface area contributed by atoms with Gasteiger partial charge in [0.2, 0.25) is 13.6 Å². The number of esters is 2. The summed E-state index contributed by atoms with van der Waals surface area (Å²) in [6, 6.07) is 3.27. The van der Waals surface area contributed by atoms with Gasteiger partial charge in [0.25, 0.3) is 0 Å². The number of rotatable bonds is 17. The first-order chi connectivity index (χ1) is 23.5. The number of nitrogens with zero attached hydrogens (tertiary/aromatic N) is 3. The molecule has 20 heteroatoms. The SMILES string of the molecule is CC[C@@H](C)C(=O)OCOP(=O)(CS(=O)(=O)C[C@H]1O[C@@H](n2ccc3c(N[C@H]4C[C@@H](F)C4)c(C#N)c(Cl)nc32)[C@H](O)[C@@H]1O)OCOC(=O)[C@H](C)CC. The van der Waals surface area contributed by atoms with Crippen molar-refractivity contribution in [2.24, 2.45) is 11.8 Å². The normalized spacial score (nSPS) is 25.0. The van der Waals surface area contributed by atoms with Crippen LogP contribution in [0.1, 0.15) is 65.2 Å². The van der Waals surface area contributed by atoms with E-state index >= 15 is 0 Å². The lowest BCUT2D eigenvalue weighted by atomic mass is 9.90. The van der Waals surface area contributed by atoms with Gasteiger partial charge in [0.05, 0.1) is 23.3 Å². The second-order valence-corrected chi connectivity index (χ2v) is 17.3. The summed E-state index contributed by atoms with van der Waals surface area (Å²) in [5.41, 5.74) is -0.844. The maximum absolute atomic E-state index is 13.6. The molecule has 50 heavy (non-hydrogen) atoms. The maximum Gasteiger partial charge on any atom is 0.351 e. The molecule has 1 aliphatic heterocycles. The summed E-state index contributed by atoms with van der Waals surface area (Å²) < 4.78 is 81.0. The Labute approximate surface area is 293 Å². The third-order valence-electron chi connectivity index (χ3n) is 8.67. The third-order valence-corrected chi connectivity index (χ3v) is 13.6. The van der Waals surface area contributed by atoms with Crippen LogP contribution in [0, 0.1) is 23.2 Å². The lowest BCUT2D eigenvalue weighted by Gasteiger charge is -2.31. The Kier molecular flexibility index (Phi) is 13.3. The molecule has 3 heterocycles. The molecular weight excluding hydrogens is 726 g/mol. The van der Waals surface area contributed by atoms with Gasteiger partial charge in [-0.25, -0.2) is 17.8 Å². The minimum absolute atomic E-state index is 0.0225. The molecule has 278 valence electrons. The van der Waals surface area contributed by atoms with E-state index in [-0.39, 0.29) is 35.2 Å². The monoisotopic (exact) mass is 766 g/mol. The predicted octanol–water partition coefficient (Wildman–Crippen LogP) is 3.79. The van der Waals surface area contributed by atoms with E-state index in [1.807, 2.05) is 6.07 Å². The fourth-order valence-corrected chi connectivity index (χ4v) is 9.61. The number of halogens is 2. The van der Waals surface area contributed by atoms with Crippen molar-refractivity contribution in [2.75, 3.05) is 30.1 Å². The number of anilines is 1. The zero-order chi connectivity index (χ0) is 37.0. The topological polar surface area (TPSA) is 226 Å². The van der Waals surface area contributed by atoms with Gasteiger partial charge in [0.15, 0.2) is 26.7 Å². The molecule has 1 saturated heterocycles. The molecule has 1 saturated carbocycles. The zero-order valence-corrected chi connectivity index (χ0v) is 30.3. The number of pyridine rings is 1. The van der Waals surface area contributed by atoms with Crippen LogP contribution in [0.4, 0.5) is 10.1 Å². The van der Waals surface area contributed by atoms with E-state index in [0.29, 0.717) is 23.9 Å². The highest BCUT2D eigenvalue weighted by molar-refractivity contribution is 7.97. The van der Waals surface area contributed by atoms with Crippen LogP contribution < -0.4 is 5.32 Å². The van der Waals surface area contributed by atoms with Crippen LogP contribution in [0.2, 0.25) is 5.15 Å². The highest BCUT2D eigenvalue weighted by Gasteiger charge is 2.47. The maximum atomic E-state index is 13.6. The molecule has 0 aromatic carbocycles. The number of aliphatic hydroxyl groups is 2. The van der Waals surface area contributed by atoms with Crippen molar-refractivity contribution in [1.29, 1.82) is 5.26 Å². The van der Waals surface area contributed by atoms with Gasteiger partial charge in [-0.1, -0.05) is 39.3 Å². The largest absolute Gasteiger partial charge is 0.438 e. The van der Waals surface area contributed by atoms with Crippen LogP contribution in [0.3, 0.4) is 0 Å². The Hall–Kier alpha value is -2.88. The fourth-order valence-electron chi connectivity index (χ4n) is 5.17. The van der Waals surface area contributed by atoms with E-state index in [1.54, 1.807) is 33.8 Å². The second-order valence-electron chi connectivity index (χ2n) is 12.4. The lowest BCUT2D eigenvalue weighted by molar-refractivity contribution is -0.156. The first-order valence-corrected chi connectivity index (χ1v) is 19.9. The zero-order valence-electron chi connectivity index (χ0n) is 27.9. The summed E-state index contributed by atoms with van der Waals surface area (Å²) in [5.74, 6) is -3.39. The number of sulfone groups is 1.